The molecule has 1 amide bonds. The monoisotopic (exact) mass is 348 g/mol. The van der Waals surface area contributed by atoms with Crippen LogP contribution in [-0.2, 0) is 4.79 Å². The second kappa shape index (κ2) is 7.30. The molecule has 4 N–H and O–H groups in total. The van der Waals surface area contributed by atoms with Crippen LogP contribution in [-0.4, -0.2) is 22.4 Å². The number of nitrogens with two attached hydrogens (primary N) is 1. The van der Waals surface area contributed by atoms with Crippen molar-refractivity contribution >= 4 is 22.6 Å². The number of nitrogens with one attached hydrogen (secondary N) is 2. The molecule has 5 heteroatoms. The summed E-state index contributed by atoms with van der Waals surface area (Å²) in [6.45, 7) is 0.727. The van der Waals surface area contributed by atoms with Crippen LogP contribution in [0.15, 0.2) is 48.7 Å². The van der Waals surface area contributed by atoms with Crippen LogP contribution in [0, 0.1) is 11.8 Å². The van der Waals surface area contributed by atoms with E-state index in [0.717, 1.165) is 60.2 Å². The van der Waals surface area contributed by atoms with Gasteiger partial charge in [0, 0.05) is 23.2 Å². The Hall–Kier alpha value is -2.66. The number of hydrogen-bond donors (Lipinski definition) is 3. The third-order valence-corrected chi connectivity index (χ3v) is 5.43. The van der Waals surface area contributed by atoms with Crippen molar-refractivity contribution in [3.05, 3.63) is 48.7 Å². The maximum Gasteiger partial charge on any atom is 0.227 e. The normalized spacial score (nSPS) is 20.2. The van der Waals surface area contributed by atoms with Gasteiger partial charge in [-0.05, 0) is 55.8 Å². The van der Waals surface area contributed by atoms with Crippen molar-refractivity contribution in [2.45, 2.75) is 25.7 Å². The van der Waals surface area contributed by atoms with Gasteiger partial charge in [-0.15, -0.1) is 0 Å². The molecule has 0 spiro atoms. The second-order valence-electron chi connectivity index (χ2n) is 7.11. The van der Waals surface area contributed by atoms with Crippen molar-refractivity contribution in [1.29, 1.82) is 0 Å². The number of carbonyl (C=O) groups is 1. The van der Waals surface area contributed by atoms with Crippen molar-refractivity contribution in [2.24, 2.45) is 17.6 Å². The fourth-order valence-corrected chi connectivity index (χ4v) is 3.80. The maximum atomic E-state index is 12.7. The fraction of sp³-hybridized carbons (Fsp3) is 0.333. The Kier molecular flexibility index (Phi) is 4.71. The first kappa shape index (κ1) is 16.8. The van der Waals surface area contributed by atoms with E-state index < -0.39 is 0 Å². The Labute approximate surface area is 153 Å². The molecule has 2 aromatic heterocycles. The van der Waals surface area contributed by atoms with Gasteiger partial charge in [0.05, 0.1) is 5.69 Å². The van der Waals surface area contributed by atoms with Crippen LogP contribution in [0.5, 0.6) is 0 Å². The van der Waals surface area contributed by atoms with E-state index in [9.17, 15) is 4.79 Å². The predicted octanol–water partition coefficient (Wildman–Crippen LogP) is 3.93. The van der Waals surface area contributed by atoms with Crippen molar-refractivity contribution in [3.8, 4) is 11.3 Å². The summed E-state index contributed by atoms with van der Waals surface area (Å²) >= 11 is 0. The molecule has 1 fully saturated rings. The van der Waals surface area contributed by atoms with Gasteiger partial charge in [0.25, 0.3) is 0 Å². The highest BCUT2D eigenvalue weighted by Crippen LogP contribution is 2.31. The molecule has 1 aliphatic rings. The first-order chi connectivity index (χ1) is 12.7. The van der Waals surface area contributed by atoms with E-state index in [-0.39, 0.29) is 11.8 Å². The number of amides is 1. The third kappa shape index (κ3) is 3.35. The zero-order valence-corrected chi connectivity index (χ0v) is 14.7. The second-order valence-corrected chi connectivity index (χ2v) is 7.11. The van der Waals surface area contributed by atoms with Gasteiger partial charge in [-0.1, -0.05) is 30.3 Å². The molecule has 4 rings (SSSR count). The number of aromatic nitrogens is 2. The number of fused-ring (bicyclic) bond motifs is 1. The lowest BCUT2D eigenvalue weighted by molar-refractivity contribution is -0.121. The molecule has 1 aliphatic carbocycles. The lowest BCUT2D eigenvalue weighted by Gasteiger charge is -2.26. The third-order valence-electron chi connectivity index (χ3n) is 5.43. The van der Waals surface area contributed by atoms with E-state index >= 15 is 0 Å². The van der Waals surface area contributed by atoms with Gasteiger partial charge < -0.3 is 16.0 Å². The molecule has 0 atom stereocenters. The Bertz CT molecular complexity index is 895. The van der Waals surface area contributed by atoms with E-state index in [2.05, 4.69) is 33.5 Å². The lowest BCUT2D eigenvalue weighted by Crippen LogP contribution is -2.29. The Morgan fingerprint density at radius 1 is 1.15 bits per heavy atom. The molecule has 0 aliphatic heterocycles. The molecule has 3 aromatic rings. The van der Waals surface area contributed by atoms with E-state index in [4.69, 9.17) is 5.73 Å². The topological polar surface area (TPSA) is 83.8 Å². The standard InChI is InChI=1S/C21H24N4O/c22-13-14-6-8-16(9-7-14)21(26)25-18-10-11-23-20-17(18)12-19(24-20)15-4-2-1-3-5-15/h1-5,10-12,14,16H,6-9,13,22H2,(H2,23,24,25,26)/t14-,16-. The smallest absolute Gasteiger partial charge is 0.227 e. The molecule has 5 nitrogen and oxygen atoms in total. The van der Waals surface area contributed by atoms with Crippen LogP contribution < -0.4 is 11.1 Å². The molecule has 1 saturated carbocycles. The summed E-state index contributed by atoms with van der Waals surface area (Å²) in [5.41, 5.74) is 9.45. The summed E-state index contributed by atoms with van der Waals surface area (Å²) in [6, 6.07) is 14.0. The maximum absolute atomic E-state index is 12.7. The quantitative estimate of drug-likeness (QED) is 0.668. The van der Waals surface area contributed by atoms with Crippen molar-refractivity contribution in [1.82, 2.24) is 9.97 Å². The average Bonchev–Trinajstić information content (AvgIpc) is 3.14. The van der Waals surface area contributed by atoms with Crippen LogP contribution in [0.1, 0.15) is 25.7 Å². The first-order valence-corrected chi connectivity index (χ1v) is 9.28. The van der Waals surface area contributed by atoms with Crippen molar-refractivity contribution in [3.63, 3.8) is 0 Å². The Balaban J connectivity index is 1.55. The van der Waals surface area contributed by atoms with Gasteiger partial charge in [-0.3, -0.25) is 4.79 Å². The molecule has 26 heavy (non-hydrogen) atoms. The minimum absolute atomic E-state index is 0.0774. The van der Waals surface area contributed by atoms with Crippen LogP contribution in [0.2, 0.25) is 0 Å². The molecular formula is C21H24N4O. The summed E-state index contributed by atoms with van der Waals surface area (Å²) in [6.07, 6.45) is 5.66. The van der Waals surface area contributed by atoms with Crippen LogP contribution in [0.25, 0.3) is 22.3 Å². The summed E-state index contributed by atoms with van der Waals surface area (Å²) in [4.78, 5) is 20.5. The van der Waals surface area contributed by atoms with Crippen molar-refractivity contribution < 1.29 is 4.79 Å². The SMILES string of the molecule is NC[C@H]1CC[C@H](C(=O)Nc2ccnc3[nH]c(-c4ccccc4)cc23)CC1. The number of pyridine rings is 1. The van der Waals surface area contributed by atoms with E-state index in [1.165, 1.54) is 0 Å². The molecule has 134 valence electrons. The van der Waals surface area contributed by atoms with E-state index in [1.807, 2.05) is 24.3 Å². The van der Waals surface area contributed by atoms with Gasteiger partial charge in [-0.25, -0.2) is 4.98 Å². The van der Waals surface area contributed by atoms with E-state index in [0.29, 0.717) is 5.92 Å². The number of hydrogen-bond acceptors (Lipinski definition) is 3. The van der Waals surface area contributed by atoms with Gasteiger partial charge in [0.1, 0.15) is 5.65 Å². The zero-order chi connectivity index (χ0) is 17.9. The Morgan fingerprint density at radius 3 is 2.65 bits per heavy atom. The Morgan fingerprint density at radius 2 is 1.92 bits per heavy atom. The molecule has 0 bridgehead atoms. The number of nitrogens with zero attached hydrogens (tertiary/aromatic N) is 1. The van der Waals surface area contributed by atoms with E-state index in [1.54, 1.807) is 6.20 Å². The summed E-state index contributed by atoms with van der Waals surface area (Å²) < 4.78 is 0. The number of anilines is 1. The highest BCUT2D eigenvalue weighted by molar-refractivity contribution is 6.02. The highest BCUT2D eigenvalue weighted by atomic mass is 16.1. The summed E-state index contributed by atoms with van der Waals surface area (Å²) in [5, 5.41) is 4.06. The number of H-pyrrole nitrogens is 1. The lowest BCUT2D eigenvalue weighted by atomic mass is 9.81. The van der Waals surface area contributed by atoms with Crippen LogP contribution in [0.4, 0.5) is 5.69 Å². The van der Waals surface area contributed by atoms with Gasteiger partial charge in [-0.2, -0.15) is 0 Å². The number of carbonyl (C=O) groups excluding carboxylic acids is 1. The van der Waals surface area contributed by atoms with Crippen LogP contribution >= 0.6 is 0 Å². The molecule has 1 aromatic carbocycles. The number of benzene rings is 1. The van der Waals surface area contributed by atoms with Gasteiger partial charge in [0.2, 0.25) is 5.91 Å². The number of aromatic amines is 1. The molecule has 2 heterocycles. The van der Waals surface area contributed by atoms with Crippen molar-refractivity contribution in [2.75, 3.05) is 11.9 Å². The summed E-state index contributed by atoms with van der Waals surface area (Å²) in [7, 11) is 0. The van der Waals surface area contributed by atoms with Crippen LogP contribution in [0.3, 0.4) is 0 Å². The zero-order valence-electron chi connectivity index (χ0n) is 14.7. The summed E-state index contributed by atoms with van der Waals surface area (Å²) in [5.74, 6) is 0.758. The van der Waals surface area contributed by atoms with Gasteiger partial charge in [0.15, 0.2) is 0 Å². The minimum Gasteiger partial charge on any atom is -0.339 e. The molecule has 0 saturated heterocycles. The van der Waals surface area contributed by atoms with Gasteiger partial charge >= 0.3 is 0 Å². The first-order valence-electron chi connectivity index (χ1n) is 9.28. The highest BCUT2D eigenvalue weighted by Gasteiger charge is 2.26. The molecule has 0 radical (unpaired) electrons. The predicted molar refractivity (Wildman–Crippen MR) is 105 cm³/mol. The molecular weight excluding hydrogens is 324 g/mol. The molecule has 0 unspecified atom stereocenters. The fourth-order valence-electron chi connectivity index (χ4n) is 3.80. The minimum atomic E-state index is 0.0774. The number of rotatable bonds is 4. The largest absolute Gasteiger partial charge is 0.339 e. The average molecular weight is 348 g/mol.